The molecule has 0 saturated heterocycles. The number of nitrogens with one attached hydrogen (secondary N) is 1. The Labute approximate surface area is 123 Å². The zero-order chi connectivity index (χ0) is 15.3. The van der Waals surface area contributed by atoms with Crippen molar-refractivity contribution in [2.75, 3.05) is 13.2 Å². The Bertz CT molecular complexity index is 459. The normalized spacial score (nSPS) is 15.6. The zero-order valence-electron chi connectivity index (χ0n) is 12.3. The SMILES string of the molecule is CCCNC(CCc1ccc2c(c1)CCO2)CC(F)(F)F. The Balaban J connectivity index is 1.91. The third kappa shape index (κ3) is 5.23. The van der Waals surface area contributed by atoms with Crippen LogP contribution in [0.5, 0.6) is 5.75 Å². The summed E-state index contributed by atoms with van der Waals surface area (Å²) < 4.78 is 43.2. The molecule has 0 amide bonds. The van der Waals surface area contributed by atoms with Crippen molar-refractivity contribution in [1.82, 2.24) is 5.32 Å². The lowest BCUT2D eigenvalue weighted by molar-refractivity contribution is -0.140. The molecule has 1 atom stereocenters. The molecule has 1 N–H and O–H groups in total. The number of alkyl halides is 3. The lowest BCUT2D eigenvalue weighted by atomic mass is 10.0. The number of rotatable bonds is 7. The second-order valence-corrected chi connectivity index (χ2v) is 5.55. The summed E-state index contributed by atoms with van der Waals surface area (Å²) in [6.07, 6.45) is -1.99. The lowest BCUT2D eigenvalue weighted by Crippen LogP contribution is -2.34. The summed E-state index contributed by atoms with van der Waals surface area (Å²) in [4.78, 5) is 0. The van der Waals surface area contributed by atoms with Crippen molar-refractivity contribution in [3.05, 3.63) is 29.3 Å². The average molecular weight is 301 g/mol. The van der Waals surface area contributed by atoms with Gasteiger partial charge in [-0.1, -0.05) is 19.1 Å². The van der Waals surface area contributed by atoms with Gasteiger partial charge in [0.2, 0.25) is 0 Å². The highest BCUT2D eigenvalue weighted by Crippen LogP contribution is 2.27. The molecule has 21 heavy (non-hydrogen) atoms. The van der Waals surface area contributed by atoms with Gasteiger partial charge in [0.25, 0.3) is 0 Å². The second-order valence-electron chi connectivity index (χ2n) is 5.55. The van der Waals surface area contributed by atoms with Crippen molar-refractivity contribution in [2.24, 2.45) is 0 Å². The molecule has 1 heterocycles. The fraction of sp³-hybridized carbons (Fsp3) is 0.625. The summed E-state index contributed by atoms with van der Waals surface area (Å²) in [6, 6.07) is 5.44. The number of hydrogen-bond donors (Lipinski definition) is 1. The second kappa shape index (κ2) is 7.16. The van der Waals surface area contributed by atoms with Crippen LogP contribution in [0.4, 0.5) is 13.2 Å². The minimum atomic E-state index is -4.11. The van der Waals surface area contributed by atoms with Crippen LogP contribution in [0.25, 0.3) is 0 Å². The maximum absolute atomic E-state index is 12.6. The molecular formula is C16H22F3NO. The molecule has 1 aliphatic heterocycles. The molecule has 0 fully saturated rings. The first kappa shape index (κ1) is 16.1. The Morgan fingerprint density at radius 2 is 2.14 bits per heavy atom. The Morgan fingerprint density at radius 3 is 2.86 bits per heavy atom. The molecule has 1 aliphatic rings. The predicted octanol–water partition coefficient (Wildman–Crippen LogP) is 3.87. The standard InChI is InChI=1S/C16H22F3NO/c1-2-8-20-14(11-16(17,18)19)5-3-12-4-6-15-13(10-12)7-9-21-15/h4,6,10,14,20H,2-3,5,7-9,11H2,1H3. The van der Waals surface area contributed by atoms with Crippen LogP contribution >= 0.6 is 0 Å². The molecule has 2 rings (SSSR count). The number of aryl methyl sites for hydroxylation is 1. The smallest absolute Gasteiger partial charge is 0.390 e. The van der Waals surface area contributed by atoms with Gasteiger partial charge < -0.3 is 10.1 Å². The topological polar surface area (TPSA) is 21.3 Å². The Morgan fingerprint density at radius 1 is 1.33 bits per heavy atom. The molecule has 1 unspecified atom stereocenters. The first-order valence-corrected chi connectivity index (χ1v) is 7.52. The summed E-state index contributed by atoms with van der Waals surface area (Å²) in [7, 11) is 0. The zero-order valence-corrected chi connectivity index (χ0v) is 12.3. The number of hydrogen-bond acceptors (Lipinski definition) is 2. The molecule has 0 spiro atoms. The van der Waals surface area contributed by atoms with E-state index < -0.39 is 18.6 Å². The van der Waals surface area contributed by atoms with E-state index in [4.69, 9.17) is 4.74 Å². The van der Waals surface area contributed by atoms with E-state index in [9.17, 15) is 13.2 Å². The quantitative estimate of drug-likeness (QED) is 0.825. The van der Waals surface area contributed by atoms with E-state index in [2.05, 4.69) is 11.4 Å². The highest BCUT2D eigenvalue weighted by molar-refractivity contribution is 5.39. The van der Waals surface area contributed by atoms with Crippen LogP contribution in [0.3, 0.4) is 0 Å². The fourth-order valence-electron chi connectivity index (χ4n) is 2.64. The summed E-state index contributed by atoms with van der Waals surface area (Å²) in [5, 5.41) is 3.00. The average Bonchev–Trinajstić information content (AvgIpc) is 2.87. The van der Waals surface area contributed by atoms with Crippen LogP contribution in [0.2, 0.25) is 0 Å². The van der Waals surface area contributed by atoms with Crippen LogP contribution in [-0.2, 0) is 12.8 Å². The molecule has 2 nitrogen and oxygen atoms in total. The van der Waals surface area contributed by atoms with Crippen molar-refractivity contribution in [1.29, 1.82) is 0 Å². The van der Waals surface area contributed by atoms with Gasteiger partial charge in [-0.05, 0) is 43.0 Å². The number of fused-ring (bicyclic) bond motifs is 1. The third-order valence-corrected chi connectivity index (χ3v) is 3.70. The van der Waals surface area contributed by atoms with E-state index in [1.807, 2.05) is 19.1 Å². The summed E-state index contributed by atoms with van der Waals surface area (Å²) in [6.45, 7) is 3.28. The van der Waals surface area contributed by atoms with E-state index >= 15 is 0 Å². The monoisotopic (exact) mass is 301 g/mol. The number of halogens is 3. The van der Waals surface area contributed by atoms with Crippen LogP contribution in [0.15, 0.2) is 18.2 Å². The van der Waals surface area contributed by atoms with Crippen LogP contribution in [-0.4, -0.2) is 25.4 Å². The van der Waals surface area contributed by atoms with Crippen LogP contribution < -0.4 is 10.1 Å². The molecule has 118 valence electrons. The van der Waals surface area contributed by atoms with Crippen molar-refractivity contribution in [2.45, 2.75) is 51.2 Å². The molecule has 5 heteroatoms. The van der Waals surface area contributed by atoms with Crippen molar-refractivity contribution < 1.29 is 17.9 Å². The van der Waals surface area contributed by atoms with E-state index in [0.29, 0.717) is 26.0 Å². The van der Waals surface area contributed by atoms with Gasteiger partial charge in [-0.25, -0.2) is 0 Å². The van der Waals surface area contributed by atoms with Crippen molar-refractivity contribution in [3.63, 3.8) is 0 Å². The van der Waals surface area contributed by atoms with Gasteiger partial charge in [-0.3, -0.25) is 0 Å². The van der Waals surface area contributed by atoms with Gasteiger partial charge >= 0.3 is 6.18 Å². The molecule has 0 aromatic heterocycles. The molecule has 0 aliphatic carbocycles. The minimum absolute atomic E-state index is 0.499. The van der Waals surface area contributed by atoms with Crippen LogP contribution in [0, 0.1) is 0 Å². The van der Waals surface area contributed by atoms with E-state index in [1.165, 1.54) is 5.56 Å². The van der Waals surface area contributed by atoms with Gasteiger partial charge in [0.15, 0.2) is 0 Å². The predicted molar refractivity (Wildman–Crippen MR) is 76.7 cm³/mol. The molecule has 0 saturated carbocycles. The fourth-order valence-corrected chi connectivity index (χ4v) is 2.64. The molecular weight excluding hydrogens is 279 g/mol. The van der Waals surface area contributed by atoms with Gasteiger partial charge in [0.1, 0.15) is 5.75 Å². The van der Waals surface area contributed by atoms with Gasteiger partial charge in [0.05, 0.1) is 13.0 Å². The van der Waals surface area contributed by atoms with Gasteiger partial charge in [0, 0.05) is 12.5 Å². The van der Waals surface area contributed by atoms with Crippen molar-refractivity contribution in [3.8, 4) is 5.75 Å². The third-order valence-electron chi connectivity index (χ3n) is 3.70. The first-order chi connectivity index (χ1) is 9.98. The molecule has 0 radical (unpaired) electrons. The largest absolute Gasteiger partial charge is 0.493 e. The summed E-state index contributed by atoms with van der Waals surface area (Å²) in [5.74, 6) is 0.912. The van der Waals surface area contributed by atoms with E-state index in [-0.39, 0.29) is 0 Å². The molecule has 0 bridgehead atoms. The number of ether oxygens (including phenoxy) is 1. The molecule has 1 aromatic carbocycles. The lowest BCUT2D eigenvalue weighted by Gasteiger charge is -2.20. The Kier molecular flexibility index (Phi) is 5.51. The summed E-state index contributed by atoms with van der Waals surface area (Å²) >= 11 is 0. The van der Waals surface area contributed by atoms with Gasteiger partial charge in [-0.2, -0.15) is 13.2 Å². The number of benzene rings is 1. The summed E-state index contributed by atoms with van der Waals surface area (Å²) in [5.41, 5.74) is 2.26. The maximum Gasteiger partial charge on any atom is 0.390 e. The van der Waals surface area contributed by atoms with E-state index in [1.54, 1.807) is 0 Å². The van der Waals surface area contributed by atoms with Crippen molar-refractivity contribution >= 4 is 0 Å². The minimum Gasteiger partial charge on any atom is -0.493 e. The van der Waals surface area contributed by atoms with E-state index in [0.717, 1.165) is 24.2 Å². The highest BCUT2D eigenvalue weighted by Gasteiger charge is 2.31. The highest BCUT2D eigenvalue weighted by atomic mass is 19.4. The first-order valence-electron chi connectivity index (χ1n) is 7.52. The molecule has 1 aromatic rings. The Hall–Kier alpha value is -1.23. The maximum atomic E-state index is 12.6. The van der Waals surface area contributed by atoms with Crippen LogP contribution in [0.1, 0.15) is 37.3 Å². The van der Waals surface area contributed by atoms with Gasteiger partial charge in [-0.15, -0.1) is 0 Å².